The highest BCUT2D eigenvalue weighted by Gasteiger charge is 2.52. The van der Waals surface area contributed by atoms with E-state index in [1.54, 1.807) is 7.05 Å². The fourth-order valence-corrected chi connectivity index (χ4v) is 5.34. The van der Waals surface area contributed by atoms with Crippen molar-refractivity contribution >= 4 is 34.5 Å². The van der Waals surface area contributed by atoms with E-state index in [-0.39, 0.29) is 30.5 Å². The van der Waals surface area contributed by atoms with Gasteiger partial charge in [-0.1, -0.05) is 26.5 Å². The molecule has 1 aromatic carbocycles. The molecule has 1 unspecified atom stereocenters. The van der Waals surface area contributed by atoms with Crippen molar-refractivity contribution in [3.8, 4) is 0 Å². The molecule has 2 fully saturated rings. The molecule has 2 saturated heterocycles. The molecule has 0 bridgehead atoms. The van der Waals surface area contributed by atoms with Crippen molar-refractivity contribution in [3.63, 3.8) is 0 Å². The zero-order valence-electron chi connectivity index (χ0n) is 22.3. The average Bonchev–Trinajstić information content (AvgIpc) is 3.26. The number of rotatable bonds is 8. The molecule has 2 aliphatic heterocycles. The number of nitrogens with one attached hydrogen (secondary N) is 2. The van der Waals surface area contributed by atoms with E-state index in [0.717, 1.165) is 29.3 Å². The van der Waals surface area contributed by atoms with Gasteiger partial charge in [-0.15, -0.1) is 0 Å². The van der Waals surface area contributed by atoms with Crippen LogP contribution in [0.1, 0.15) is 38.7 Å². The number of hydrogen-bond donors (Lipinski definition) is 2. The molecule has 2 aromatic rings. The third kappa shape index (κ3) is 5.86. The maximum absolute atomic E-state index is 12.9. The fourth-order valence-electron chi connectivity index (χ4n) is 5.34. The highest BCUT2D eigenvalue weighted by molar-refractivity contribution is 5.95. The number of halogens is 3. The molecule has 0 aliphatic carbocycles. The van der Waals surface area contributed by atoms with Crippen LogP contribution in [0, 0.1) is 18.3 Å². The van der Waals surface area contributed by atoms with E-state index in [1.807, 2.05) is 30.0 Å². The van der Waals surface area contributed by atoms with Crippen molar-refractivity contribution in [1.29, 1.82) is 0 Å². The lowest BCUT2D eigenvalue weighted by molar-refractivity contribution is -0.149. The van der Waals surface area contributed by atoms with Crippen LogP contribution in [0.2, 0.25) is 0 Å². The van der Waals surface area contributed by atoms with Crippen LogP contribution < -0.4 is 15.5 Å². The quantitative estimate of drug-likeness (QED) is 0.499. The van der Waals surface area contributed by atoms with Gasteiger partial charge in [0.25, 0.3) is 5.91 Å². The van der Waals surface area contributed by atoms with Gasteiger partial charge in [0.1, 0.15) is 11.4 Å². The predicted octanol–water partition coefficient (Wildman–Crippen LogP) is 4.06. The summed E-state index contributed by atoms with van der Waals surface area (Å²) in [4.78, 5) is 37.3. The molecule has 38 heavy (non-hydrogen) atoms. The molecule has 2 aliphatic rings. The van der Waals surface area contributed by atoms with Crippen molar-refractivity contribution in [2.75, 3.05) is 43.4 Å². The third-order valence-electron chi connectivity index (χ3n) is 7.31. The second kappa shape index (κ2) is 10.4. The van der Waals surface area contributed by atoms with Crippen LogP contribution >= 0.6 is 0 Å². The van der Waals surface area contributed by atoms with E-state index in [4.69, 9.17) is 9.97 Å². The van der Waals surface area contributed by atoms with E-state index in [1.165, 1.54) is 4.90 Å². The zero-order chi connectivity index (χ0) is 27.8. The molecule has 1 aromatic heterocycles. The van der Waals surface area contributed by atoms with Gasteiger partial charge in [-0.25, -0.2) is 4.98 Å². The van der Waals surface area contributed by atoms with Gasteiger partial charge in [0.15, 0.2) is 0 Å². The van der Waals surface area contributed by atoms with Crippen LogP contribution in [0.15, 0.2) is 30.4 Å². The molecule has 8 nitrogen and oxygen atoms in total. The molecule has 1 spiro atoms. The van der Waals surface area contributed by atoms with Crippen LogP contribution in [0.5, 0.6) is 0 Å². The van der Waals surface area contributed by atoms with Crippen LogP contribution in [0.25, 0.3) is 10.9 Å². The number of nitrogens with zero attached hydrogens (tertiary/aromatic N) is 4. The van der Waals surface area contributed by atoms with Crippen molar-refractivity contribution < 1.29 is 22.8 Å². The third-order valence-corrected chi connectivity index (χ3v) is 7.31. The van der Waals surface area contributed by atoms with Crippen LogP contribution in [0.4, 0.5) is 24.9 Å². The maximum Gasteiger partial charge on any atom is 0.421 e. The summed E-state index contributed by atoms with van der Waals surface area (Å²) in [5.41, 5.74) is 0.194. The number of aromatic nitrogens is 2. The largest absolute Gasteiger partial charge is 0.421 e. The lowest BCUT2D eigenvalue weighted by atomic mass is 9.78. The topological polar surface area (TPSA) is 90.5 Å². The Morgan fingerprint density at radius 3 is 2.53 bits per heavy atom. The number of benzene rings is 1. The van der Waals surface area contributed by atoms with E-state index in [2.05, 4.69) is 31.1 Å². The Morgan fingerprint density at radius 1 is 1.18 bits per heavy atom. The first-order valence-electron chi connectivity index (χ1n) is 12.9. The lowest BCUT2D eigenvalue weighted by Gasteiger charge is -2.48. The first kappa shape index (κ1) is 27.7. The van der Waals surface area contributed by atoms with E-state index in [0.29, 0.717) is 37.2 Å². The monoisotopic (exact) mass is 532 g/mol. The summed E-state index contributed by atoms with van der Waals surface area (Å²) in [5.74, 6) is 0.417. The molecule has 2 amide bonds. The van der Waals surface area contributed by atoms with Gasteiger partial charge in [0.2, 0.25) is 11.9 Å². The number of amides is 2. The average molecular weight is 533 g/mol. The summed E-state index contributed by atoms with van der Waals surface area (Å²) < 4.78 is 38.8. The normalized spacial score (nSPS) is 17.6. The molecule has 206 valence electrons. The van der Waals surface area contributed by atoms with Gasteiger partial charge in [-0.05, 0) is 43.4 Å². The van der Waals surface area contributed by atoms with E-state index >= 15 is 0 Å². The standard InChI is InChI=1S/C27H35F3N6O2/c1-16(2)10-19(12-22(37)31-5)32-23-20-7-6-17(3)11-21(20)33-25(34-23)35-9-8-26(13-35)14-36(15-26)24(38)18(4)27(28,29)30/h6-7,11,16,19H,4,8-10,12-15H2,1-3,5H3,(H,31,37)(H,32,33,34). The Hall–Kier alpha value is -3.37. The molecule has 0 saturated carbocycles. The minimum Gasteiger partial charge on any atom is -0.366 e. The summed E-state index contributed by atoms with van der Waals surface area (Å²) in [6, 6.07) is 5.82. The Bertz CT molecular complexity index is 1240. The van der Waals surface area contributed by atoms with Crippen LogP contribution in [0.3, 0.4) is 0 Å². The Morgan fingerprint density at radius 2 is 1.89 bits per heavy atom. The minimum absolute atomic E-state index is 0.0589. The lowest BCUT2D eigenvalue weighted by Crippen LogP contribution is -2.60. The summed E-state index contributed by atoms with van der Waals surface area (Å²) >= 11 is 0. The number of likely N-dealkylation sites (tertiary alicyclic amines) is 1. The minimum atomic E-state index is -4.73. The molecule has 11 heteroatoms. The first-order valence-corrected chi connectivity index (χ1v) is 12.9. The fraction of sp³-hybridized carbons (Fsp3) is 0.556. The Labute approximate surface area is 220 Å². The maximum atomic E-state index is 12.9. The molecular formula is C27H35F3N6O2. The summed E-state index contributed by atoms with van der Waals surface area (Å²) in [5, 5.41) is 7.03. The van der Waals surface area contributed by atoms with Crippen LogP contribution in [-0.2, 0) is 9.59 Å². The van der Waals surface area contributed by atoms with Gasteiger partial charge in [-0.3, -0.25) is 9.59 Å². The number of fused-ring (bicyclic) bond motifs is 1. The number of aryl methyl sites for hydroxylation is 1. The summed E-state index contributed by atoms with van der Waals surface area (Å²) in [6.45, 7) is 10.8. The SMILES string of the molecule is C=C(C(=O)N1CC2(CCN(c3nc(NC(CC(=O)NC)CC(C)C)c4ccc(C)cc4n3)C2)C1)C(F)(F)F. The molecule has 3 heterocycles. The van der Waals surface area contributed by atoms with Crippen LogP contribution in [-0.4, -0.2) is 72.1 Å². The molecule has 0 radical (unpaired) electrons. The number of alkyl halides is 3. The van der Waals surface area contributed by atoms with Gasteiger partial charge in [-0.2, -0.15) is 18.2 Å². The van der Waals surface area contributed by atoms with Crippen molar-refractivity contribution in [3.05, 3.63) is 35.9 Å². The molecular weight excluding hydrogens is 497 g/mol. The Kier molecular flexibility index (Phi) is 7.58. The number of carbonyl (C=O) groups excluding carboxylic acids is 2. The Balaban J connectivity index is 1.56. The van der Waals surface area contributed by atoms with E-state index in [9.17, 15) is 22.8 Å². The number of anilines is 2. The summed E-state index contributed by atoms with van der Waals surface area (Å²) in [7, 11) is 1.62. The second-order valence-corrected chi connectivity index (χ2v) is 11.1. The molecule has 1 atom stereocenters. The van der Waals surface area contributed by atoms with Gasteiger partial charge in [0.05, 0.1) is 5.52 Å². The zero-order valence-corrected chi connectivity index (χ0v) is 22.3. The van der Waals surface area contributed by atoms with Crippen molar-refractivity contribution in [2.45, 2.75) is 52.3 Å². The highest BCUT2D eigenvalue weighted by atomic mass is 19.4. The van der Waals surface area contributed by atoms with Crippen molar-refractivity contribution in [1.82, 2.24) is 20.2 Å². The second-order valence-electron chi connectivity index (χ2n) is 11.1. The van der Waals surface area contributed by atoms with Gasteiger partial charge >= 0.3 is 6.18 Å². The summed E-state index contributed by atoms with van der Waals surface area (Å²) in [6.07, 6.45) is -2.92. The highest BCUT2D eigenvalue weighted by Crippen LogP contribution is 2.42. The molecule has 4 rings (SSSR count). The number of carbonyl (C=O) groups is 2. The van der Waals surface area contributed by atoms with E-state index < -0.39 is 17.7 Å². The first-order chi connectivity index (χ1) is 17.8. The number of hydrogen-bond acceptors (Lipinski definition) is 6. The predicted molar refractivity (Wildman–Crippen MR) is 141 cm³/mol. The van der Waals surface area contributed by atoms with Gasteiger partial charge < -0.3 is 20.4 Å². The van der Waals surface area contributed by atoms with Gasteiger partial charge in [0, 0.05) is 56.5 Å². The molecule has 2 N–H and O–H groups in total. The smallest absolute Gasteiger partial charge is 0.366 e. The van der Waals surface area contributed by atoms with Crippen molar-refractivity contribution in [2.24, 2.45) is 11.3 Å².